The molecule has 2 heterocycles. The maximum absolute atomic E-state index is 6.38. The van der Waals surface area contributed by atoms with Crippen molar-refractivity contribution < 1.29 is 4.42 Å². The molecule has 0 unspecified atom stereocenters. The average molecular weight is 829 g/mol. The summed E-state index contributed by atoms with van der Waals surface area (Å²) in [5, 5.41) is 18.1. The van der Waals surface area contributed by atoms with Gasteiger partial charge in [0.25, 0.3) is 0 Å². The first kappa shape index (κ1) is 35.8. The molecule has 0 fully saturated rings. The summed E-state index contributed by atoms with van der Waals surface area (Å²) >= 11 is 0. The zero-order valence-electron chi connectivity index (χ0n) is 35.5. The van der Waals surface area contributed by atoms with Crippen LogP contribution in [0.4, 0.5) is 0 Å². The molecule has 1 aliphatic heterocycles. The molecular formula is C62H40OSi. The molecule has 0 aliphatic carbocycles. The molecule has 1 aromatic heterocycles. The first-order valence-electron chi connectivity index (χ1n) is 22.4. The fourth-order valence-corrected chi connectivity index (χ4v) is 14.8. The van der Waals surface area contributed by atoms with Crippen LogP contribution in [0, 0.1) is 0 Å². The summed E-state index contributed by atoms with van der Waals surface area (Å²) in [5.74, 6) is 0. The van der Waals surface area contributed by atoms with Crippen molar-refractivity contribution in [1.82, 2.24) is 0 Å². The van der Waals surface area contributed by atoms with Crippen LogP contribution < -0.4 is 10.4 Å². The lowest BCUT2D eigenvalue weighted by Crippen LogP contribution is -2.49. The number of fused-ring (bicyclic) bond motifs is 8. The van der Waals surface area contributed by atoms with Crippen LogP contribution in [0.15, 0.2) is 211 Å². The van der Waals surface area contributed by atoms with Crippen LogP contribution in [0.2, 0.25) is 13.1 Å². The summed E-state index contributed by atoms with van der Waals surface area (Å²) in [5.41, 5.74) is 14.5. The number of hydrogen-bond acceptors (Lipinski definition) is 1. The standard InChI is InChI=1S/C62H40OSi/c1-64(2)56-27-10-8-18-45(56)52-35-40(31-33-57(52)64)43-24-13-23-42(39-30-32-55-51(34-39)44-17-7-9-26-54(44)63-55)61(43)62-48-21-5-3-19-46(48)60(47-20-4-6-22-49(47)62)53-36-41-16-11-14-37-28-29-38-15-12-25-50(53)59(38)58(37)41/h3-36H,1-2H3. The third-order valence-electron chi connectivity index (χ3n) is 14.6. The molecule has 0 radical (unpaired) electrons. The molecule has 12 aromatic carbocycles. The minimum absolute atomic E-state index is 0.903. The topological polar surface area (TPSA) is 13.1 Å². The monoisotopic (exact) mass is 828 g/mol. The van der Waals surface area contributed by atoms with Crippen molar-refractivity contribution in [2.24, 2.45) is 0 Å². The van der Waals surface area contributed by atoms with Crippen LogP contribution in [0.25, 0.3) is 131 Å². The molecule has 0 spiro atoms. The summed E-state index contributed by atoms with van der Waals surface area (Å²) in [7, 11) is -1.85. The lowest BCUT2D eigenvalue weighted by atomic mass is 9.79. The fraction of sp³-hybridized carbons (Fsp3) is 0.0323. The molecule has 13 aromatic rings. The minimum Gasteiger partial charge on any atom is -0.456 e. The van der Waals surface area contributed by atoms with Gasteiger partial charge in [0.2, 0.25) is 0 Å². The van der Waals surface area contributed by atoms with E-state index in [4.69, 9.17) is 4.42 Å². The molecule has 2 heteroatoms. The summed E-state index contributed by atoms with van der Waals surface area (Å²) in [4.78, 5) is 0. The van der Waals surface area contributed by atoms with Gasteiger partial charge in [-0.1, -0.05) is 189 Å². The minimum atomic E-state index is -1.85. The van der Waals surface area contributed by atoms with Crippen molar-refractivity contribution in [3.8, 4) is 55.6 Å². The van der Waals surface area contributed by atoms with E-state index in [0.29, 0.717) is 0 Å². The van der Waals surface area contributed by atoms with Gasteiger partial charge in [0, 0.05) is 10.8 Å². The summed E-state index contributed by atoms with van der Waals surface area (Å²) in [6.45, 7) is 5.00. The van der Waals surface area contributed by atoms with E-state index in [1.165, 1.54) is 120 Å². The van der Waals surface area contributed by atoms with E-state index in [9.17, 15) is 0 Å². The number of hydrogen-bond donors (Lipinski definition) is 0. The van der Waals surface area contributed by atoms with Gasteiger partial charge in [0.05, 0.1) is 0 Å². The Balaban J connectivity index is 1.11. The van der Waals surface area contributed by atoms with Gasteiger partial charge in [0.1, 0.15) is 19.2 Å². The zero-order chi connectivity index (χ0) is 42.3. The molecular weight excluding hydrogens is 789 g/mol. The Morgan fingerprint density at radius 1 is 0.297 bits per heavy atom. The lowest BCUT2D eigenvalue weighted by Gasteiger charge is -2.24. The van der Waals surface area contributed by atoms with E-state index in [1.807, 2.05) is 0 Å². The van der Waals surface area contributed by atoms with Crippen LogP contribution >= 0.6 is 0 Å². The van der Waals surface area contributed by atoms with Gasteiger partial charge in [-0.2, -0.15) is 0 Å². The Labute approximate surface area is 371 Å². The highest BCUT2D eigenvalue weighted by Crippen LogP contribution is 2.52. The van der Waals surface area contributed by atoms with Gasteiger partial charge < -0.3 is 4.42 Å². The predicted octanol–water partition coefficient (Wildman–Crippen LogP) is 16.3. The van der Waals surface area contributed by atoms with E-state index < -0.39 is 8.07 Å². The second-order valence-electron chi connectivity index (χ2n) is 18.3. The second-order valence-corrected chi connectivity index (χ2v) is 22.6. The van der Waals surface area contributed by atoms with Crippen LogP contribution in [0.5, 0.6) is 0 Å². The first-order valence-corrected chi connectivity index (χ1v) is 25.4. The maximum Gasteiger partial charge on any atom is 0.135 e. The van der Waals surface area contributed by atoms with Crippen molar-refractivity contribution >= 4 is 94.2 Å². The molecule has 0 saturated heterocycles. The molecule has 0 N–H and O–H groups in total. The zero-order valence-corrected chi connectivity index (χ0v) is 36.5. The van der Waals surface area contributed by atoms with Crippen LogP contribution in [-0.4, -0.2) is 8.07 Å². The van der Waals surface area contributed by atoms with Gasteiger partial charge >= 0.3 is 0 Å². The Hall–Kier alpha value is -7.78. The third-order valence-corrected chi connectivity index (χ3v) is 18.2. The third kappa shape index (κ3) is 4.89. The molecule has 0 atom stereocenters. The SMILES string of the molecule is C[Si]1(C)c2ccccc2-c2cc(-c3cccc(-c4ccc5oc6ccccc6c5c4)c3-c3c4ccccc4c(-c4cc5cccc6ccc7cccc4c7c65)c4ccccc34)ccc21. The molecule has 0 saturated carbocycles. The normalized spacial score (nSPS) is 13.3. The average Bonchev–Trinajstić information content (AvgIpc) is 3.83. The Bertz CT molecular complexity index is 4050. The van der Waals surface area contributed by atoms with Gasteiger partial charge in [-0.25, -0.2) is 0 Å². The van der Waals surface area contributed by atoms with Gasteiger partial charge in [-0.15, -0.1) is 0 Å². The highest BCUT2D eigenvalue weighted by molar-refractivity contribution is 7.03. The lowest BCUT2D eigenvalue weighted by molar-refractivity contribution is 0.669. The number of para-hydroxylation sites is 1. The molecule has 1 nitrogen and oxygen atoms in total. The number of benzene rings is 12. The largest absolute Gasteiger partial charge is 0.456 e. The van der Waals surface area contributed by atoms with E-state index in [0.717, 1.165) is 21.9 Å². The Morgan fingerprint density at radius 3 is 1.59 bits per heavy atom. The quantitative estimate of drug-likeness (QED) is 0.0978. The van der Waals surface area contributed by atoms with Crippen LogP contribution in [0.3, 0.4) is 0 Å². The van der Waals surface area contributed by atoms with E-state index >= 15 is 0 Å². The molecule has 0 amide bonds. The summed E-state index contributed by atoms with van der Waals surface area (Å²) in [6, 6.07) is 77.5. The number of rotatable bonds is 4. The van der Waals surface area contributed by atoms with Gasteiger partial charge in [0.15, 0.2) is 0 Å². The van der Waals surface area contributed by atoms with Crippen molar-refractivity contribution in [2.75, 3.05) is 0 Å². The highest BCUT2D eigenvalue weighted by atomic mass is 28.3. The van der Waals surface area contributed by atoms with Crippen molar-refractivity contribution in [2.45, 2.75) is 13.1 Å². The van der Waals surface area contributed by atoms with E-state index in [2.05, 4.69) is 219 Å². The molecule has 14 rings (SSSR count). The number of furan rings is 1. The predicted molar refractivity (Wildman–Crippen MR) is 276 cm³/mol. The van der Waals surface area contributed by atoms with Crippen molar-refractivity contribution in [3.63, 3.8) is 0 Å². The van der Waals surface area contributed by atoms with Crippen molar-refractivity contribution in [1.29, 1.82) is 0 Å². The van der Waals surface area contributed by atoms with E-state index in [-0.39, 0.29) is 0 Å². The van der Waals surface area contributed by atoms with Crippen LogP contribution in [-0.2, 0) is 0 Å². The first-order chi connectivity index (χ1) is 31.5. The Morgan fingerprint density at radius 2 is 0.828 bits per heavy atom. The Kier molecular flexibility index (Phi) is 7.34. The molecule has 64 heavy (non-hydrogen) atoms. The van der Waals surface area contributed by atoms with Gasteiger partial charge in [-0.3, -0.25) is 0 Å². The summed E-state index contributed by atoms with van der Waals surface area (Å²) in [6.07, 6.45) is 0. The van der Waals surface area contributed by atoms with E-state index in [1.54, 1.807) is 0 Å². The molecule has 1 aliphatic rings. The molecule has 298 valence electrons. The van der Waals surface area contributed by atoms with Crippen molar-refractivity contribution in [3.05, 3.63) is 206 Å². The second kappa shape index (κ2) is 13.1. The smallest absolute Gasteiger partial charge is 0.135 e. The summed E-state index contributed by atoms with van der Waals surface area (Å²) < 4.78 is 6.38. The maximum atomic E-state index is 6.38. The van der Waals surface area contributed by atoms with Gasteiger partial charge in [-0.05, 0) is 150 Å². The highest BCUT2D eigenvalue weighted by Gasteiger charge is 2.37. The molecule has 0 bridgehead atoms. The fourth-order valence-electron chi connectivity index (χ4n) is 11.7. The van der Waals surface area contributed by atoms with Crippen LogP contribution in [0.1, 0.15) is 0 Å².